The van der Waals surface area contributed by atoms with E-state index in [0.29, 0.717) is 20.3 Å². The number of thiazole rings is 1. The second-order valence-corrected chi connectivity index (χ2v) is 6.06. The molecular formula is C14H6Cl2F2N2OS. The molecule has 0 aliphatic carbocycles. The lowest BCUT2D eigenvalue weighted by atomic mass is 10.2. The second-order valence-electron chi connectivity index (χ2n) is 4.28. The Morgan fingerprint density at radius 3 is 2.50 bits per heavy atom. The van der Waals surface area contributed by atoms with E-state index < -0.39 is 23.1 Å². The minimum Gasteiger partial charge on any atom is -0.298 e. The van der Waals surface area contributed by atoms with Gasteiger partial charge >= 0.3 is 0 Å². The average Bonchev–Trinajstić information content (AvgIpc) is 2.86. The molecule has 8 heteroatoms. The van der Waals surface area contributed by atoms with Crippen LogP contribution in [0.25, 0.3) is 10.2 Å². The van der Waals surface area contributed by atoms with Crippen molar-refractivity contribution in [2.24, 2.45) is 0 Å². The fourth-order valence-electron chi connectivity index (χ4n) is 1.86. The highest BCUT2D eigenvalue weighted by Crippen LogP contribution is 2.36. The van der Waals surface area contributed by atoms with E-state index in [1.54, 1.807) is 12.1 Å². The lowest BCUT2D eigenvalue weighted by Gasteiger charge is -2.03. The van der Waals surface area contributed by atoms with Gasteiger partial charge in [-0.2, -0.15) is 0 Å². The summed E-state index contributed by atoms with van der Waals surface area (Å²) in [6, 6.07) is 6.41. The molecule has 0 radical (unpaired) electrons. The van der Waals surface area contributed by atoms with Crippen molar-refractivity contribution < 1.29 is 13.6 Å². The summed E-state index contributed by atoms with van der Waals surface area (Å²) < 4.78 is 27.7. The Kier molecular flexibility index (Phi) is 3.99. The Labute approximate surface area is 137 Å². The van der Waals surface area contributed by atoms with Crippen LogP contribution in [0.15, 0.2) is 30.3 Å². The van der Waals surface area contributed by atoms with Crippen LogP contribution in [0.4, 0.5) is 13.9 Å². The van der Waals surface area contributed by atoms with Crippen LogP contribution in [0.5, 0.6) is 0 Å². The van der Waals surface area contributed by atoms with E-state index in [1.165, 1.54) is 6.07 Å². The maximum Gasteiger partial charge on any atom is 0.263 e. The van der Waals surface area contributed by atoms with Gasteiger partial charge in [0, 0.05) is 0 Å². The number of benzene rings is 2. The van der Waals surface area contributed by atoms with Gasteiger partial charge in [0.05, 0.1) is 20.3 Å². The number of hydrogen-bond donors (Lipinski definition) is 1. The first-order chi connectivity index (χ1) is 10.5. The molecule has 0 bridgehead atoms. The summed E-state index contributed by atoms with van der Waals surface area (Å²) in [7, 11) is 0. The van der Waals surface area contributed by atoms with Gasteiger partial charge < -0.3 is 0 Å². The van der Waals surface area contributed by atoms with Crippen LogP contribution in [-0.4, -0.2) is 10.9 Å². The van der Waals surface area contributed by atoms with Gasteiger partial charge in [0.2, 0.25) is 0 Å². The molecule has 0 spiro atoms. The monoisotopic (exact) mass is 358 g/mol. The van der Waals surface area contributed by atoms with Crippen LogP contribution in [0.3, 0.4) is 0 Å². The molecule has 1 amide bonds. The quantitative estimate of drug-likeness (QED) is 0.689. The maximum atomic E-state index is 13.6. The van der Waals surface area contributed by atoms with Gasteiger partial charge in [-0.3, -0.25) is 10.1 Å². The highest BCUT2D eigenvalue weighted by molar-refractivity contribution is 7.23. The van der Waals surface area contributed by atoms with E-state index >= 15 is 0 Å². The van der Waals surface area contributed by atoms with Crippen LogP contribution in [0.1, 0.15) is 10.4 Å². The number of carbonyl (C=O) groups excluding carboxylic acids is 1. The number of amides is 1. The van der Waals surface area contributed by atoms with Crippen LogP contribution >= 0.6 is 34.5 Å². The van der Waals surface area contributed by atoms with E-state index in [4.69, 9.17) is 23.2 Å². The predicted octanol–water partition coefficient (Wildman–Crippen LogP) is 5.13. The molecule has 3 rings (SSSR count). The van der Waals surface area contributed by atoms with Crippen LogP contribution in [0, 0.1) is 11.6 Å². The number of nitrogens with one attached hydrogen (secondary N) is 1. The van der Waals surface area contributed by atoms with Gasteiger partial charge in [-0.1, -0.05) is 40.6 Å². The van der Waals surface area contributed by atoms with E-state index in [1.807, 2.05) is 0 Å². The normalized spacial score (nSPS) is 10.9. The first-order valence-electron chi connectivity index (χ1n) is 5.97. The highest BCUT2D eigenvalue weighted by Gasteiger charge is 2.19. The second kappa shape index (κ2) is 5.79. The van der Waals surface area contributed by atoms with Gasteiger partial charge in [-0.25, -0.2) is 13.8 Å². The minimum absolute atomic E-state index is 0.173. The topological polar surface area (TPSA) is 42.0 Å². The van der Waals surface area contributed by atoms with E-state index in [-0.39, 0.29) is 5.13 Å². The smallest absolute Gasteiger partial charge is 0.263 e. The molecule has 0 fully saturated rings. The largest absolute Gasteiger partial charge is 0.298 e. The zero-order valence-electron chi connectivity index (χ0n) is 10.7. The minimum atomic E-state index is -0.945. The first kappa shape index (κ1) is 15.1. The predicted molar refractivity (Wildman–Crippen MR) is 84.0 cm³/mol. The molecular weight excluding hydrogens is 353 g/mol. The Hall–Kier alpha value is -1.76. The number of aromatic nitrogens is 1. The zero-order chi connectivity index (χ0) is 15.9. The number of anilines is 1. The summed E-state index contributed by atoms with van der Waals surface area (Å²) in [5.41, 5.74) is -0.130. The molecule has 0 unspecified atom stereocenters. The molecule has 0 aliphatic rings. The fraction of sp³-hybridized carbons (Fsp3) is 0. The van der Waals surface area contributed by atoms with Crippen molar-refractivity contribution in [3.05, 3.63) is 57.6 Å². The van der Waals surface area contributed by atoms with Crippen molar-refractivity contribution >= 4 is 55.8 Å². The summed E-state index contributed by atoms with van der Waals surface area (Å²) in [5, 5.41) is 3.21. The number of fused-ring (bicyclic) bond motifs is 1. The van der Waals surface area contributed by atoms with Crippen molar-refractivity contribution in [3.63, 3.8) is 0 Å². The molecule has 22 heavy (non-hydrogen) atoms. The number of halogens is 4. The lowest BCUT2D eigenvalue weighted by molar-refractivity contribution is 0.101. The number of hydrogen-bond acceptors (Lipinski definition) is 3. The molecule has 1 heterocycles. The van der Waals surface area contributed by atoms with Gasteiger partial charge in [0.15, 0.2) is 5.13 Å². The molecule has 1 N–H and O–H groups in total. The zero-order valence-corrected chi connectivity index (χ0v) is 13.0. The molecule has 0 atom stereocenters. The Balaban J connectivity index is 1.96. The van der Waals surface area contributed by atoms with Gasteiger partial charge in [-0.05, 0) is 24.3 Å². The third-order valence-corrected chi connectivity index (χ3v) is 4.78. The van der Waals surface area contributed by atoms with E-state index in [9.17, 15) is 13.6 Å². The number of carbonyl (C=O) groups is 1. The molecule has 2 aromatic carbocycles. The molecule has 3 nitrogen and oxygen atoms in total. The van der Waals surface area contributed by atoms with Crippen LogP contribution in [-0.2, 0) is 0 Å². The summed E-state index contributed by atoms with van der Waals surface area (Å²) in [4.78, 5) is 16.1. The molecule has 0 saturated heterocycles. The van der Waals surface area contributed by atoms with Crippen molar-refractivity contribution in [3.8, 4) is 0 Å². The SMILES string of the molecule is O=C(Nc1nc2ccc(Cl)c(Cl)c2s1)c1c(F)cccc1F. The summed E-state index contributed by atoms with van der Waals surface area (Å²) in [6.45, 7) is 0. The van der Waals surface area contributed by atoms with Crippen molar-refractivity contribution in [1.82, 2.24) is 4.98 Å². The molecule has 0 saturated carbocycles. The standard InChI is InChI=1S/C14H6Cl2F2N2OS/c15-6-4-5-9-12(11(6)16)22-14(19-9)20-13(21)10-7(17)2-1-3-8(10)18/h1-5H,(H,19,20,21). The van der Waals surface area contributed by atoms with Crippen molar-refractivity contribution in [2.45, 2.75) is 0 Å². The number of nitrogens with zero attached hydrogens (tertiary/aromatic N) is 1. The van der Waals surface area contributed by atoms with Crippen molar-refractivity contribution in [1.29, 1.82) is 0 Å². The fourth-order valence-corrected chi connectivity index (χ4v) is 3.25. The van der Waals surface area contributed by atoms with E-state index in [0.717, 1.165) is 23.5 Å². The summed E-state index contributed by atoms with van der Waals surface area (Å²) >= 11 is 13.0. The Bertz CT molecular complexity index is 878. The summed E-state index contributed by atoms with van der Waals surface area (Å²) in [5.74, 6) is -2.81. The first-order valence-corrected chi connectivity index (χ1v) is 7.54. The lowest BCUT2D eigenvalue weighted by Crippen LogP contribution is -2.15. The van der Waals surface area contributed by atoms with Crippen LogP contribution in [0.2, 0.25) is 10.0 Å². The third-order valence-electron chi connectivity index (χ3n) is 2.86. The van der Waals surface area contributed by atoms with Gasteiger partial charge in [0.1, 0.15) is 17.2 Å². The number of rotatable bonds is 2. The summed E-state index contributed by atoms with van der Waals surface area (Å²) in [6.07, 6.45) is 0. The maximum absolute atomic E-state index is 13.6. The Morgan fingerprint density at radius 2 is 1.82 bits per heavy atom. The highest BCUT2D eigenvalue weighted by atomic mass is 35.5. The molecule has 1 aromatic heterocycles. The van der Waals surface area contributed by atoms with Gasteiger partial charge in [0.25, 0.3) is 5.91 Å². The Morgan fingerprint density at radius 1 is 1.14 bits per heavy atom. The van der Waals surface area contributed by atoms with E-state index in [2.05, 4.69) is 10.3 Å². The van der Waals surface area contributed by atoms with Crippen molar-refractivity contribution in [2.75, 3.05) is 5.32 Å². The van der Waals surface area contributed by atoms with Crippen LogP contribution < -0.4 is 5.32 Å². The molecule has 0 aliphatic heterocycles. The molecule has 112 valence electrons. The molecule has 3 aromatic rings. The average molecular weight is 359 g/mol. The third kappa shape index (κ3) is 2.65. The van der Waals surface area contributed by atoms with Gasteiger partial charge in [-0.15, -0.1) is 0 Å².